The van der Waals surface area contributed by atoms with Gasteiger partial charge < -0.3 is 9.84 Å². The van der Waals surface area contributed by atoms with Crippen LogP contribution in [-0.2, 0) is 9.53 Å². The van der Waals surface area contributed by atoms with Gasteiger partial charge in [0.25, 0.3) is 0 Å². The van der Waals surface area contributed by atoms with Crippen molar-refractivity contribution in [3.8, 4) is 0 Å². The molecule has 0 aromatic rings. The Morgan fingerprint density at radius 3 is 2.23 bits per heavy atom. The lowest BCUT2D eigenvalue weighted by Crippen LogP contribution is -2.40. The van der Waals surface area contributed by atoms with Crippen molar-refractivity contribution in [2.24, 2.45) is 11.3 Å². The molecule has 0 heterocycles. The third kappa shape index (κ3) is 3.08. The van der Waals surface area contributed by atoms with E-state index in [2.05, 4.69) is 0 Å². The smallest absolute Gasteiger partial charge is 0.169 e. The summed E-state index contributed by atoms with van der Waals surface area (Å²) in [6.07, 6.45) is -0.998. The molecule has 0 saturated heterocycles. The molecule has 0 aromatic heterocycles. The van der Waals surface area contributed by atoms with Crippen LogP contribution in [0.5, 0.6) is 0 Å². The number of hydrogen-bond acceptors (Lipinski definition) is 3. The van der Waals surface area contributed by atoms with Crippen molar-refractivity contribution in [3.63, 3.8) is 0 Å². The van der Waals surface area contributed by atoms with E-state index in [0.29, 0.717) is 0 Å². The lowest BCUT2D eigenvalue weighted by molar-refractivity contribution is -0.140. The van der Waals surface area contributed by atoms with Crippen LogP contribution in [0.3, 0.4) is 0 Å². The molecule has 3 heteroatoms. The molecular weight excluding hydrogens is 168 g/mol. The minimum Gasteiger partial charge on any atom is -0.383 e. The Morgan fingerprint density at radius 1 is 1.46 bits per heavy atom. The van der Waals surface area contributed by atoms with Gasteiger partial charge in [0.15, 0.2) is 5.78 Å². The second-order valence-corrected chi connectivity index (χ2v) is 4.21. The fourth-order valence-electron chi connectivity index (χ4n) is 0.947. The molecule has 0 aliphatic heterocycles. The number of carbonyl (C=O) groups is 1. The number of aliphatic hydroxyl groups excluding tert-OH is 1. The highest BCUT2D eigenvalue weighted by molar-refractivity contribution is 5.88. The van der Waals surface area contributed by atoms with Crippen LogP contribution in [0.15, 0.2) is 0 Å². The fourth-order valence-corrected chi connectivity index (χ4v) is 0.947. The number of hydrogen-bond donors (Lipinski definition) is 1. The van der Waals surface area contributed by atoms with Crippen molar-refractivity contribution >= 4 is 5.78 Å². The number of aliphatic hydroxyl groups is 1. The van der Waals surface area contributed by atoms with Gasteiger partial charge in [-0.25, -0.2) is 0 Å². The summed E-state index contributed by atoms with van der Waals surface area (Å²) in [4.78, 5) is 11.7. The van der Waals surface area contributed by atoms with Crippen LogP contribution in [0.25, 0.3) is 0 Å². The van der Waals surface area contributed by atoms with E-state index in [1.165, 1.54) is 7.11 Å². The van der Waals surface area contributed by atoms with E-state index in [1.54, 1.807) is 0 Å². The third-order valence-corrected chi connectivity index (χ3v) is 2.71. The molecule has 0 fully saturated rings. The first-order valence-corrected chi connectivity index (χ1v) is 4.55. The Hall–Kier alpha value is -0.410. The second kappa shape index (κ2) is 4.72. The molecule has 0 radical (unpaired) electrons. The third-order valence-electron chi connectivity index (χ3n) is 2.71. The first kappa shape index (κ1) is 12.6. The highest BCUT2D eigenvalue weighted by Gasteiger charge is 2.35. The lowest BCUT2D eigenvalue weighted by atomic mass is 9.76. The minimum atomic E-state index is -0.998. The van der Waals surface area contributed by atoms with Gasteiger partial charge in [-0.3, -0.25) is 4.79 Å². The van der Waals surface area contributed by atoms with Gasteiger partial charge in [0, 0.05) is 12.5 Å². The van der Waals surface area contributed by atoms with Gasteiger partial charge in [0.1, 0.15) is 6.10 Å². The van der Waals surface area contributed by atoms with Gasteiger partial charge >= 0.3 is 0 Å². The number of ether oxygens (including phenoxy) is 1. The molecule has 1 N–H and O–H groups in total. The van der Waals surface area contributed by atoms with Crippen LogP contribution in [0.1, 0.15) is 27.7 Å². The highest BCUT2D eigenvalue weighted by atomic mass is 16.5. The molecule has 0 bridgehead atoms. The van der Waals surface area contributed by atoms with Crippen molar-refractivity contribution in [2.75, 3.05) is 13.7 Å². The summed E-state index contributed by atoms with van der Waals surface area (Å²) in [6.45, 7) is 7.71. The highest BCUT2D eigenvalue weighted by Crippen LogP contribution is 2.28. The standard InChI is InChI=1S/C10H20O3/c1-7(2)10(3,4)9(12)8(11)6-13-5/h7-8,11H,6H2,1-5H3. The molecule has 0 spiro atoms. The Kier molecular flexibility index (Phi) is 4.57. The summed E-state index contributed by atoms with van der Waals surface area (Å²) >= 11 is 0. The average molecular weight is 188 g/mol. The molecular formula is C10H20O3. The summed E-state index contributed by atoms with van der Waals surface area (Å²) in [5, 5.41) is 9.43. The fraction of sp³-hybridized carbons (Fsp3) is 0.900. The van der Waals surface area contributed by atoms with E-state index in [1.807, 2.05) is 27.7 Å². The van der Waals surface area contributed by atoms with E-state index >= 15 is 0 Å². The van der Waals surface area contributed by atoms with Gasteiger partial charge in [-0.15, -0.1) is 0 Å². The minimum absolute atomic E-state index is 0.0784. The van der Waals surface area contributed by atoms with Crippen LogP contribution in [0.4, 0.5) is 0 Å². The topological polar surface area (TPSA) is 46.5 Å². The SMILES string of the molecule is COCC(O)C(=O)C(C)(C)C(C)C. The number of rotatable bonds is 5. The van der Waals surface area contributed by atoms with Crippen LogP contribution in [0, 0.1) is 11.3 Å². The Bertz CT molecular complexity index is 173. The van der Waals surface area contributed by atoms with Crippen molar-refractivity contribution in [1.29, 1.82) is 0 Å². The largest absolute Gasteiger partial charge is 0.383 e. The molecule has 3 nitrogen and oxygen atoms in total. The van der Waals surface area contributed by atoms with Gasteiger partial charge in [0.05, 0.1) is 6.61 Å². The quantitative estimate of drug-likeness (QED) is 0.706. The van der Waals surface area contributed by atoms with Crippen LogP contribution >= 0.6 is 0 Å². The molecule has 13 heavy (non-hydrogen) atoms. The molecule has 1 unspecified atom stereocenters. The van der Waals surface area contributed by atoms with Crippen molar-refractivity contribution < 1.29 is 14.6 Å². The van der Waals surface area contributed by atoms with Crippen LogP contribution < -0.4 is 0 Å². The molecule has 0 aliphatic carbocycles. The number of methoxy groups -OCH3 is 1. The lowest BCUT2D eigenvalue weighted by Gasteiger charge is -2.29. The molecule has 78 valence electrons. The average Bonchev–Trinajstić information content (AvgIpc) is 2.03. The zero-order chi connectivity index (χ0) is 10.6. The zero-order valence-electron chi connectivity index (χ0n) is 9.13. The molecule has 0 rings (SSSR count). The predicted molar refractivity (Wildman–Crippen MR) is 51.5 cm³/mol. The van der Waals surface area contributed by atoms with Crippen LogP contribution in [0.2, 0.25) is 0 Å². The van der Waals surface area contributed by atoms with Gasteiger partial charge in [-0.05, 0) is 5.92 Å². The normalized spacial score (nSPS) is 14.7. The van der Waals surface area contributed by atoms with Gasteiger partial charge in [-0.1, -0.05) is 27.7 Å². The second-order valence-electron chi connectivity index (χ2n) is 4.21. The monoisotopic (exact) mass is 188 g/mol. The van der Waals surface area contributed by atoms with Gasteiger partial charge in [-0.2, -0.15) is 0 Å². The molecule has 0 aromatic carbocycles. The molecule has 0 aliphatic rings. The summed E-state index contributed by atoms with van der Waals surface area (Å²) < 4.78 is 4.73. The molecule has 0 saturated carbocycles. The Labute approximate surface area is 80.1 Å². The van der Waals surface area contributed by atoms with E-state index in [4.69, 9.17) is 4.74 Å². The van der Waals surface area contributed by atoms with E-state index in [-0.39, 0.29) is 18.3 Å². The summed E-state index contributed by atoms with van der Waals surface area (Å²) in [6, 6.07) is 0. The van der Waals surface area contributed by atoms with E-state index in [0.717, 1.165) is 0 Å². The maximum atomic E-state index is 11.7. The maximum Gasteiger partial charge on any atom is 0.169 e. The maximum absolute atomic E-state index is 11.7. The summed E-state index contributed by atoms with van der Waals surface area (Å²) in [5.41, 5.74) is -0.488. The number of Topliss-reactive ketones (excluding diaryl/α,β-unsaturated/α-hetero) is 1. The first-order valence-electron chi connectivity index (χ1n) is 4.55. The summed E-state index contributed by atoms with van der Waals surface area (Å²) in [7, 11) is 1.47. The number of carbonyl (C=O) groups excluding carboxylic acids is 1. The van der Waals surface area contributed by atoms with E-state index in [9.17, 15) is 9.90 Å². The molecule has 1 atom stereocenters. The zero-order valence-corrected chi connectivity index (χ0v) is 9.13. The number of ketones is 1. The van der Waals surface area contributed by atoms with Crippen molar-refractivity contribution in [2.45, 2.75) is 33.8 Å². The first-order chi connectivity index (χ1) is 5.84. The predicted octanol–water partition coefficient (Wildman–Crippen LogP) is 1.24. The Balaban J connectivity index is 4.40. The van der Waals surface area contributed by atoms with Crippen LogP contribution in [-0.4, -0.2) is 30.7 Å². The summed E-state index contributed by atoms with van der Waals surface area (Å²) in [5.74, 6) is 0.0656. The van der Waals surface area contributed by atoms with Crippen molar-refractivity contribution in [1.82, 2.24) is 0 Å². The van der Waals surface area contributed by atoms with Crippen molar-refractivity contribution in [3.05, 3.63) is 0 Å². The van der Waals surface area contributed by atoms with E-state index < -0.39 is 11.5 Å². The van der Waals surface area contributed by atoms with Gasteiger partial charge in [0.2, 0.25) is 0 Å². The Morgan fingerprint density at radius 2 is 1.92 bits per heavy atom. The molecule has 0 amide bonds.